The van der Waals surface area contributed by atoms with Gasteiger partial charge < -0.3 is 65.1 Å². The number of hydrogen-bond donors (Lipinski definition) is 7. The molecule has 35 heteroatoms. The number of anilines is 2. The Kier molecular flexibility index (Phi) is 31.0. The smallest absolute Gasteiger partial charge is 0.405 e. The first kappa shape index (κ1) is 88.8. The van der Waals surface area contributed by atoms with Crippen molar-refractivity contribution >= 4 is 91.8 Å². The van der Waals surface area contributed by atoms with E-state index in [1.165, 1.54) is 150 Å². The van der Waals surface area contributed by atoms with Gasteiger partial charge in [-0.1, -0.05) is 33.9 Å². The van der Waals surface area contributed by atoms with Gasteiger partial charge >= 0.3 is 18.5 Å². The molecule has 0 fully saturated rings. The molecule has 0 bridgehead atoms. The molecule has 0 aliphatic rings. The number of carboxylic acids is 1. The fraction of sp³-hybridized carbons (Fsp3) is 0.149. The quantitative estimate of drug-likeness (QED) is 0.0205. The normalized spacial score (nSPS) is 11.0. The molecule has 109 heavy (non-hydrogen) atoms. The number of aromatic carboxylic acids is 1. The Morgan fingerprint density at radius 2 is 0.725 bits per heavy atom. The summed E-state index contributed by atoms with van der Waals surface area (Å²) in [7, 11) is 4.30. The van der Waals surface area contributed by atoms with Crippen molar-refractivity contribution < 1.29 is 198 Å². The topological polar surface area (TPSA) is 287 Å². The second kappa shape index (κ2) is 38.0. The van der Waals surface area contributed by atoms with Gasteiger partial charge in [-0.15, -0.1) is 83.9 Å². The number of nitrogens with two attached hydrogens (primary N) is 1. The van der Waals surface area contributed by atoms with E-state index in [2.05, 4.69) is 65.5 Å². The molecule has 6 aromatic carbocycles. The number of benzene rings is 6. The average molecular weight is 1760 g/mol. The van der Waals surface area contributed by atoms with Gasteiger partial charge in [0, 0.05) is 153 Å². The molecule has 557 valence electrons. The number of pyridine rings is 3. The summed E-state index contributed by atoms with van der Waals surface area (Å²) in [6.07, 6.45) is -13.3. The predicted octanol–water partition coefficient (Wildman–Crippen LogP) is 16.6. The van der Waals surface area contributed by atoms with Gasteiger partial charge in [-0.05, 0) is 105 Å². The van der Waals surface area contributed by atoms with Crippen LogP contribution in [0, 0.1) is 35.7 Å². The van der Waals surface area contributed by atoms with E-state index in [4.69, 9.17) is 24.9 Å². The molecule has 0 unspecified atom stereocenters. The van der Waals surface area contributed by atoms with Gasteiger partial charge in [0.25, 0.3) is 17.7 Å². The predicted molar refractivity (Wildman–Crippen MR) is 367 cm³/mol. The summed E-state index contributed by atoms with van der Waals surface area (Å²) in [6.45, 7) is -1.23. The van der Waals surface area contributed by atoms with Crippen LogP contribution in [0.5, 0.6) is 0 Å². The van der Waals surface area contributed by atoms with Crippen LogP contribution in [0.25, 0.3) is 101 Å². The number of carbonyl (C=O) groups is 6. The van der Waals surface area contributed by atoms with Gasteiger partial charge in [0.2, 0.25) is 23.1 Å². The van der Waals surface area contributed by atoms with Crippen molar-refractivity contribution in [2.24, 2.45) is 5.73 Å². The van der Waals surface area contributed by atoms with Crippen LogP contribution in [0.15, 0.2) is 159 Å². The van der Waals surface area contributed by atoms with Crippen molar-refractivity contribution in [2.45, 2.75) is 32.4 Å². The molecule has 0 aliphatic carbocycles. The average Bonchev–Trinajstić information content (AvgIpc) is 1.63. The largest absolute Gasteiger partial charge is 0.521 e. The van der Waals surface area contributed by atoms with Crippen molar-refractivity contribution in [2.75, 3.05) is 51.4 Å². The summed E-state index contributed by atoms with van der Waals surface area (Å²) in [6, 6.07) is 42.2. The van der Waals surface area contributed by atoms with Crippen LogP contribution in [0.1, 0.15) is 76.0 Å². The molecule has 0 saturated carbocycles. The maximum atomic E-state index is 13.4. The molecule has 0 saturated heterocycles. The van der Waals surface area contributed by atoms with E-state index in [0.717, 1.165) is 0 Å². The van der Waals surface area contributed by atoms with Crippen LogP contribution in [0.3, 0.4) is 0 Å². The number of nitrogens with one attached hydrogen (secondary N) is 5. The first-order chi connectivity index (χ1) is 50.1. The Morgan fingerprint density at radius 3 is 1.01 bits per heavy atom. The van der Waals surface area contributed by atoms with Gasteiger partial charge in [0.1, 0.15) is 64.6 Å². The zero-order valence-corrected chi connectivity index (χ0v) is 66.4. The SMILES string of the molecule is CNC(=O)c1c(-c2ccc(F)cc2)oc2nc(Cl)c(-c3cc[c-]c(C(C)=O)c3)cc12.CNC(=O)c1c(-c2ccc(F)cc2)oc2nc(NCC(F)(F)F)c(-c3cc[c-]c(C(=O)O)c3)cc12.CNC(=O)c1c(-c2ccc(F)cc2)oc2nc(NCC(F)(F)F)c(-c3cc[c-]c(C(C)=O)c3)cc12.NCC(F)(F)F.[Y].[Y].[Y]. The summed E-state index contributed by atoms with van der Waals surface area (Å²) in [5, 5.41) is 22.4. The molecule has 3 radical (unpaired) electrons. The van der Waals surface area contributed by atoms with E-state index >= 15 is 0 Å². The number of nitrogens with zero attached hydrogens (tertiary/aromatic N) is 3. The number of hydrogen-bond acceptors (Lipinski definition) is 15. The molecule has 3 amide bonds. The van der Waals surface area contributed by atoms with E-state index in [0.29, 0.717) is 44.3 Å². The van der Waals surface area contributed by atoms with Crippen LogP contribution in [0.4, 0.5) is 64.3 Å². The van der Waals surface area contributed by atoms with Crippen LogP contribution in [0.2, 0.25) is 5.15 Å². The monoisotopic (exact) mass is 1760 g/mol. The van der Waals surface area contributed by atoms with Gasteiger partial charge in [-0.2, -0.15) is 49.5 Å². The first-order valence-corrected chi connectivity index (χ1v) is 31.2. The number of ketones is 2. The molecule has 0 atom stereocenters. The molecular weight excluding hydrogens is 1710 g/mol. The molecule has 8 N–H and O–H groups in total. The van der Waals surface area contributed by atoms with E-state index in [1.54, 1.807) is 30.3 Å². The third kappa shape index (κ3) is 22.4. The number of amides is 3. The third-order valence-electron chi connectivity index (χ3n) is 15.2. The number of halogens is 13. The number of carboxylic acid groups (broad SMARTS) is 1. The summed E-state index contributed by atoms with van der Waals surface area (Å²) >= 11 is 6.40. The molecular formula is C74H53ClF12N9O10Y3-3. The maximum Gasteiger partial charge on any atom is 0.405 e. The van der Waals surface area contributed by atoms with Crippen LogP contribution in [-0.4, -0.2) is 115 Å². The minimum atomic E-state index is -4.57. The number of fused-ring (bicyclic) bond motifs is 3. The zero-order valence-electron chi connectivity index (χ0n) is 57.2. The van der Waals surface area contributed by atoms with E-state index in [1.807, 2.05) is 0 Å². The number of Topliss-reactive ketones (excluding diaryl/α,β-unsaturated/α-hetero) is 2. The molecule has 12 aromatic rings. The van der Waals surface area contributed by atoms with Gasteiger partial charge in [-0.3, -0.25) is 14.4 Å². The summed E-state index contributed by atoms with van der Waals surface area (Å²) in [5.74, 6) is -4.59. The van der Waals surface area contributed by atoms with Crippen molar-refractivity contribution in [3.8, 4) is 67.4 Å². The van der Waals surface area contributed by atoms with Crippen molar-refractivity contribution in [1.29, 1.82) is 0 Å². The summed E-state index contributed by atoms with van der Waals surface area (Å²) < 4.78 is 167. The van der Waals surface area contributed by atoms with Crippen LogP contribution in [-0.2, 0) is 98.1 Å². The number of aromatic nitrogens is 3. The maximum absolute atomic E-state index is 13.4. The van der Waals surface area contributed by atoms with Crippen molar-refractivity contribution in [1.82, 2.24) is 30.9 Å². The molecule has 12 rings (SSSR count). The second-order valence-corrected chi connectivity index (χ2v) is 22.8. The first-order valence-electron chi connectivity index (χ1n) is 30.8. The number of alkyl halides is 9. The van der Waals surface area contributed by atoms with E-state index in [9.17, 15) is 86.6 Å². The molecule has 6 heterocycles. The Balaban J connectivity index is 0.000000243. The fourth-order valence-electron chi connectivity index (χ4n) is 10.2. The number of carbonyl (C=O) groups excluding carboxylic acids is 5. The number of furan rings is 3. The standard InChI is InChI=1S/C25H18F4N3O3.C24H16F4N3O4.C23H15ClFN2O3.C2H4F3N.3Y/c1-13(33)15-4-3-5-16(10-15)18-11-19-20(23(34)30-2)21(14-6-8-17(26)9-7-14)35-24(19)32-22(18)31-12-25(27,28)29;1-29-21(32)18-17-10-16(13-3-2-4-14(9-13)23(33)34)20(30-11-24(26,27)28)31-22(17)35-19(18)12-5-7-15(25)8-6-12;1-12(28)14-4-3-5-15(10-14)17-11-18-19(22(29)26-2)20(30-23(18)27-21(17)24)13-6-8-16(25)9-7-13;3-2(4,5)1-6;;;/h3,5-11H,12H2,1-2H3,(H,30,34)(H,31,32);2-3,5-10H,11H2,1H3,(H,29,32)(H,30,31)(H,33,34);3,5-11H,1-2H3,(H,26,29);1,6H2;;;/q3*-1;;;;. The summed E-state index contributed by atoms with van der Waals surface area (Å²) in [5.41, 5.74) is 8.32. The van der Waals surface area contributed by atoms with Crippen molar-refractivity contribution in [3.63, 3.8) is 0 Å². The second-order valence-electron chi connectivity index (χ2n) is 22.5. The third-order valence-corrected chi connectivity index (χ3v) is 15.4. The summed E-state index contributed by atoms with van der Waals surface area (Å²) in [4.78, 5) is 85.9. The molecule has 0 aliphatic heterocycles. The van der Waals surface area contributed by atoms with Gasteiger partial charge in [-0.25, -0.2) is 18.2 Å². The van der Waals surface area contributed by atoms with Gasteiger partial charge in [0.15, 0.2) is 0 Å². The van der Waals surface area contributed by atoms with Crippen molar-refractivity contribution in [3.05, 3.63) is 220 Å². The Labute approximate surface area is 690 Å². The van der Waals surface area contributed by atoms with Crippen LogP contribution >= 0.6 is 11.6 Å². The minimum Gasteiger partial charge on any atom is -0.521 e. The van der Waals surface area contributed by atoms with E-state index < -0.39 is 73.4 Å². The Morgan fingerprint density at radius 1 is 0.440 bits per heavy atom. The molecule has 6 aromatic heterocycles. The Hall–Kier alpha value is -9.07. The van der Waals surface area contributed by atoms with Gasteiger partial charge in [0.05, 0.1) is 51.0 Å². The Bertz CT molecular complexity index is 5110. The molecule has 19 nitrogen and oxygen atoms in total. The minimum absolute atomic E-state index is 0. The van der Waals surface area contributed by atoms with E-state index in [-0.39, 0.29) is 222 Å². The fourth-order valence-corrected chi connectivity index (χ4v) is 10.5. The number of rotatable bonds is 16. The van der Waals surface area contributed by atoms with Crippen LogP contribution < -0.4 is 32.3 Å². The zero-order chi connectivity index (χ0) is 77.3. The molecule has 0 spiro atoms.